The van der Waals surface area contributed by atoms with Crippen LogP contribution in [-0.4, -0.2) is 46.0 Å². The van der Waals surface area contributed by atoms with Gasteiger partial charge in [0.25, 0.3) is 0 Å². The topological polar surface area (TPSA) is 92.5 Å². The highest BCUT2D eigenvalue weighted by Gasteiger charge is 2.33. The average Bonchev–Trinajstić information content (AvgIpc) is 3.32. The van der Waals surface area contributed by atoms with Gasteiger partial charge in [-0.05, 0) is 31.0 Å². The molecule has 0 radical (unpaired) electrons. The zero-order valence-electron chi connectivity index (χ0n) is 18.5. The van der Waals surface area contributed by atoms with Gasteiger partial charge in [0.1, 0.15) is 17.6 Å². The molecule has 9 heteroatoms. The normalized spacial score (nSPS) is 14.6. The van der Waals surface area contributed by atoms with Gasteiger partial charge < -0.3 is 14.4 Å². The number of hydrogen-bond donors (Lipinski definition) is 0. The lowest BCUT2D eigenvalue weighted by Crippen LogP contribution is -2.39. The first kappa shape index (κ1) is 23.1. The number of piperidine rings is 1. The molecule has 7 nitrogen and oxygen atoms in total. The molecule has 2 aromatic carbocycles. The van der Waals surface area contributed by atoms with Gasteiger partial charge in [-0.3, -0.25) is 0 Å². The standard InChI is InChI=1S/C24H25N3O4S2/c1-30-20-8-7-17(22(14-20)31-2)13-19-16-32-24(26-19)27-11-9-21(10-12-27)33(28,29)23-6-4-3-5-18(23)15-25/h3-8,14,16,21H,9-13H2,1-2H3. The van der Waals surface area contributed by atoms with E-state index in [-0.39, 0.29) is 10.5 Å². The van der Waals surface area contributed by atoms with Crippen LogP contribution >= 0.6 is 11.3 Å². The van der Waals surface area contributed by atoms with Crippen LogP contribution in [0.2, 0.25) is 0 Å². The Morgan fingerprint density at radius 2 is 1.91 bits per heavy atom. The number of rotatable bonds is 7. The van der Waals surface area contributed by atoms with Crippen LogP contribution in [-0.2, 0) is 16.3 Å². The fraction of sp³-hybridized carbons (Fsp3) is 0.333. The summed E-state index contributed by atoms with van der Waals surface area (Å²) in [5.74, 6) is 1.50. The van der Waals surface area contributed by atoms with Crippen molar-refractivity contribution in [3.8, 4) is 17.6 Å². The second kappa shape index (κ2) is 9.81. The third-order valence-corrected chi connectivity index (χ3v) is 9.14. The number of ether oxygens (including phenoxy) is 2. The summed E-state index contributed by atoms with van der Waals surface area (Å²) in [6.45, 7) is 1.22. The molecule has 3 aromatic rings. The molecule has 0 unspecified atom stereocenters. The van der Waals surface area contributed by atoms with Gasteiger partial charge in [-0.1, -0.05) is 18.2 Å². The lowest BCUT2D eigenvalue weighted by Gasteiger charge is -2.31. The zero-order valence-corrected chi connectivity index (χ0v) is 20.2. The largest absolute Gasteiger partial charge is 0.497 e. The van der Waals surface area contributed by atoms with Crippen LogP contribution in [0.5, 0.6) is 11.5 Å². The smallest absolute Gasteiger partial charge is 0.185 e. The highest BCUT2D eigenvalue weighted by atomic mass is 32.2. The number of nitriles is 1. The van der Waals surface area contributed by atoms with Crippen molar-refractivity contribution in [3.63, 3.8) is 0 Å². The van der Waals surface area contributed by atoms with Crippen LogP contribution in [0, 0.1) is 11.3 Å². The first-order chi connectivity index (χ1) is 16.0. The summed E-state index contributed by atoms with van der Waals surface area (Å²) < 4.78 is 37.0. The van der Waals surface area contributed by atoms with Crippen LogP contribution in [0.3, 0.4) is 0 Å². The minimum absolute atomic E-state index is 0.135. The fourth-order valence-corrected chi connectivity index (χ4v) is 6.82. The maximum Gasteiger partial charge on any atom is 0.185 e. The number of thiazole rings is 1. The predicted molar refractivity (Wildman–Crippen MR) is 128 cm³/mol. The van der Waals surface area contributed by atoms with E-state index in [2.05, 4.69) is 4.90 Å². The first-order valence-electron chi connectivity index (χ1n) is 10.6. The molecular weight excluding hydrogens is 458 g/mol. The molecule has 33 heavy (non-hydrogen) atoms. The van der Waals surface area contributed by atoms with Crippen LogP contribution in [0.1, 0.15) is 29.7 Å². The second-order valence-electron chi connectivity index (χ2n) is 7.82. The molecule has 1 aliphatic heterocycles. The molecule has 1 aliphatic rings. The van der Waals surface area contributed by atoms with Crippen molar-refractivity contribution in [2.75, 3.05) is 32.2 Å². The molecule has 0 amide bonds. The molecule has 4 rings (SSSR count). The summed E-state index contributed by atoms with van der Waals surface area (Å²) in [7, 11) is -0.290. The lowest BCUT2D eigenvalue weighted by atomic mass is 10.1. The van der Waals surface area contributed by atoms with Gasteiger partial charge in [-0.25, -0.2) is 13.4 Å². The number of methoxy groups -OCH3 is 2. The molecule has 1 saturated heterocycles. The monoisotopic (exact) mass is 483 g/mol. The van der Waals surface area contributed by atoms with Crippen molar-refractivity contribution >= 4 is 26.3 Å². The number of nitrogens with zero attached hydrogens (tertiary/aromatic N) is 3. The van der Waals surface area contributed by atoms with Crippen molar-refractivity contribution < 1.29 is 17.9 Å². The van der Waals surface area contributed by atoms with E-state index >= 15 is 0 Å². The molecule has 2 heterocycles. The molecule has 0 saturated carbocycles. The molecular formula is C24H25N3O4S2. The first-order valence-corrected chi connectivity index (χ1v) is 13.0. The molecule has 1 fully saturated rings. The predicted octanol–water partition coefficient (Wildman–Crippen LogP) is 4.07. The van der Waals surface area contributed by atoms with E-state index in [1.807, 2.05) is 29.6 Å². The molecule has 0 bridgehead atoms. The van der Waals surface area contributed by atoms with E-state index < -0.39 is 15.1 Å². The maximum absolute atomic E-state index is 13.1. The van der Waals surface area contributed by atoms with Crippen molar-refractivity contribution in [2.24, 2.45) is 0 Å². The number of sulfone groups is 1. The molecule has 0 spiro atoms. The quantitative estimate of drug-likeness (QED) is 0.500. The Morgan fingerprint density at radius 1 is 1.15 bits per heavy atom. The SMILES string of the molecule is COc1ccc(Cc2csc(N3CCC(S(=O)(=O)c4ccccc4C#N)CC3)n2)c(OC)c1. The summed E-state index contributed by atoms with van der Waals surface area (Å²) >= 11 is 1.56. The van der Waals surface area contributed by atoms with Gasteiger partial charge in [0.15, 0.2) is 15.0 Å². The fourth-order valence-electron chi connectivity index (χ4n) is 4.06. The Bertz CT molecular complexity index is 1270. The van der Waals surface area contributed by atoms with Gasteiger partial charge in [0.2, 0.25) is 0 Å². The van der Waals surface area contributed by atoms with E-state index in [9.17, 15) is 13.7 Å². The third-order valence-electron chi connectivity index (χ3n) is 5.87. The number of aromatic nitrogens is 1. The van der Waals surface area contributed by atoms with Gasteiger partial charge in [-0.2, -0.15) is 5.26 Å². The Kier molecular flexibility index (Phi) is 6.86. The van der Waals surface area contributed by atoms with E-state index in [0.29, 0.717) is 32.4 Å². The van der Waals surface area contributed by atoms with E-state index in [1.165, 1.54) is 6.07 Å². The second-order valence-corrected chi connectivity index (χ2v) is 10.8. The van der Waals surface area contributed by atoms with Crippen LogP contribution < -0.4 is 14.4 Å². The summed E-state index contributed by atoms with van der Waals surface area (Å²) in [5, 5.41) is 11.7. The van der Waals surface area contributed by atoms with Crippen molar-refractivity contribution in [2.45, 2.75) is 29.4 Å². The van der Waals surface area contributed by atoms with Crippen LogP contribution in [0.4, 0.5) is 5.13 Å². The van der Waals surface area contributed by atoms with E-state index in [0.717, 1.165) is 27.9 Å². The zero-order chi connectivity index (χ0) is 23.4. The average molecular weight is 484 g/mol. The van der Waals surface area contributed by atoms with Gasteiger partial charge in [-0.15, -0.1) is 11.3 Å². The third kappa shape index (κ3) is 4.82. The van der Waals surface area contributed by atoms with Gasteiger partial charge >= 0.3 is 0 Å². The summed E-state index contributed by atoms with van der Waals surface area (Å²) in [6, 6.07) is 14.2. The van der Waals surface area contributed by atoms with Crippen molar-refractivity contribution in [1.82, 2.24) is 4.98 Å². The number of hydrogen-bond acceptors (Lipinski definition) is 8. The molecule has 0 atom stereocenters. The van der Waals surface area contributed by atoms with Crippen molar-refractivity contribution in [1.29, 1.82) is 5.26 Å². The number of anilines is 1. The highest BCUT2D eigenvalue weighted by Crippen LogP contribution is 2.32. The van der Waals surface area contributed by atoms with Crippen LogP contribution in [0.15, 0.2) is 52.7 Å². The summed E-state index contributed by atoms with van der Waals surface area (Å²) in [5.41, 5.74) is 2.17. The highest BCUT2D eigenvalue weighted by molar-refractivity contribution is 7.92. The lowest BCUT2D eigenvalue weighted by molar-refractivity contribution is 0.391. The maximum atomic E-state index is 13.1. The summed E-state index contributed by atoms with van der Waals surface area (Å²) in [6.07, 6.45) is 1.64. The Labute approximate surface area is 198 Å². The molecule has 1 aromatic heterocycles. The van der Waals surface area contributed by atoms with E-state index in [4.69, 9.17) is 14.5 Å². The number of benzene rings is 2. The van der Waals surface area contributed by atoms with Gasteiger partial charge in [0, 0.05) is 36.5 Å². The minimum atomic E-state index is -3.55. The Hall–Kier alpha value is -3.09. The van der Waals surface area contributed by atoms with E-state index in [1.54, 1.807) is 43.8 Å². The van der Waals surface area contributed by atoms with Gasteiger partial charge in [0.05, 0.1) is 35.6 Å². The van der Waals surface area contributed by atoms with Crippen molar-refractivity contribution in [3.05, 3.63) is 64.7 Å². The summed E-state index contributed by atoms with van der Waals surface area (Å²) in [4.78, 5) is 7.06. The Balaban J connectivity index is 1.43. The molecule has 0 aliphatic carbocycles. The molecule has 0 N–H and O–H groups in total. The van der Waals surface area contributed by atoms with Crippen LogP contribution in [0.25, 0.3) is 0 Å². The molecule has 172 valence electrons. The Morgan fingerprint density at radius 3 is 2.61 bits per heavy atom. The minimum Gasteiger partial charge on any atom is -0.497 e.